The molecule has 1 heterocycles. The Morgan fingerprint density at radius 2 is 2.10 bits per heavy atom. The minimum absolute atomic E-state index is 0.224. The highest BCUT2D eigenvalue weighted by Crippen LogP contribution is 2.32. The lowest BCUT2D eigenvalue weighted by molar-refractivity contribution is 0.203. The number of rotatable bonds is 6. The van der Waals surface area contributed by atoms with Gasteiger partial charge in [-0.05, 0) is 24.6 Å². The molecular weight excluding hydrogens is 252 g/mol. The molecule has 0 aromatic heterocycles. The number of nitrogens with zero attached hydrogens (tertiary/aromatic N) is 1. The molecule has 4 heteroatoms. The summed E-state index contributed by atoms with van der Waals surface area (Å²) < 4.78 is 11.0. The maximum absolute atomic E-state index is 5.66. The van der Waals surface area contributed by atoms with E-state index in [1.54, 1.807) is 7.11 Å². The van der Waals surface area contributed by atoms with Crippen LogP contribution in [0.25, 0.3) is 0 Å². The predicted molar refractivity (Wildman–Crippen MR) is 81.5 cm³/mol. The van der Waals surface area contributed by atoms with Crippen molar-refractivity contribution in [2.45, 2.75) is 13.0 Å². The van der Waals surface area contributed by atoms with Gasteiger partial charge in [0.1, 0.15) is 0 Å². The van der Waals surface area contributed by atoms with Crippen molar-refractivity contribution in [3.8, 4) is 11.5 Å². The molecule has 1 aliphatic heterocycles. The molecule has 0 amide bonds. The van der Waals surface area contributed by atoms with Gasteiger partial charge in [-0.1, -0.05) is 12.1 Å². The number of methoxy groups -OCH3 is 1. The first-order valence-corrected chi connectivity index (χ1v) is 7.18. The highest BCUT2D eigenvalue weighted by Gasteiger charge is 2.20. The monoisotopic (exact) mass is 276 g/mol. The third-order valence-electron chi connectivity index (χ3n) is 3.60. The van der Waals surface area contributed by atoms with Gasteiger partial charge in [0.15, 0.2) is 11.5 Å². The third-order valence-corrected chi connectivity index (χ3v) is 3.60. The van der Waals surface area contributed by atoms with Crippen LogP contribution < -0.4 is 14.8 Å². The smallest absolute Gasteiger partial charge is 0.161 e. The fourth-order valence-electron chi connectivity index (χ4n) is 2.60. The minimum Gasteiger partial charge on any atom is -0.493 e. The fraction of sp³-hybridized carbons (Fsp3) is 0.500. The van der Waals surface area contributed by atoms with Gasteiger partial charge in [0.05, 0.1) is 19.8 Å². The summed E-state index contributed by atoms with van der Waals surface area (Å²) in [5.41, 5.74) is 1.20. The highest BCUT2D eigenvalue weighted by molar-refractivity contribution is 5.44. The molecule has 110 valence electrons. The molecule has 4 nitrogen and oxygen atoms in total. The van der Waals surface area contributed by atoms with E-state index in [9.17, 15) is 0 Å². The molecule has 1 fully saturated rings. The van der Waals surface area contributed by atoms with E-state index in [0.29, 0.717) is 6.61 Å². The van der Waals surface area contributed by atoms with Crippen molar-refractivity contribution >= 4 is 0 Å². The zero-order valence-electron chi connectivity index (χ0n) is 12.4. The van der Waals surface area contributed by atoms with Crippen LogP contribution in [0.4, 0.5) is 0 Å². The Labute approximate surface area is 121 Å². The zero-order chi connectivity index (χ0) is 14.4. The molecule has 1 N–H and O–H groups in total. The van der Waals surface area contributed by atoms with Crippen LogP contribution in [0.3, 0.4) is 0 Å². The molecule has 0 unspecified atom stereocenters. The second kappa shape index (κ2) is 7.31. The quantitative estimate of drug-likeness (QED) is 0.808. The molecule has 0 spiro atoms. The van der Waals surface area contributed by atoms with Crippen molar-refractivity contribution in [1.82, 2.24) is 10.2 Å². The van der Waals surface area contributed by atoms with Gasteiger partial charge < -0.3 is 14.8 Å². The van der Waals surface area contributed by atoms with Crippen molar-refractivity contribution < 1.29 is 9.47 Å². The van der Waals surface area contributed by atoms with E-state index < -0.39 is 0 Å². The van der Waals surface area contributed by atoms with Crippen LogP contribution in [0.1, 0.15) is 18.5 Å². The van der Waals surface area contributed by atoms with Crippen LogP contribution in [0.15, 0.2) is 30.9 Å². The van der Waals surface area contributed by atoms with E-state index in [0.717, 1.165) is 37.7 Å². The summed E-state index contributed by atoms with van der Waals surface area (Å²) >= 11 is 0. The molecule has 1 aliphatic rings. The number of nitrogens with one attached hydrogen (secondary N) is 1. The van der Waals surface area contributed by atoms with Gasteiger partial charge in [0, 0.05) is 26.2 Å². The average molecular weight is 276 g/mol. The maximum atomic E-state index is 5.66. The SMILES string of the molecule is C=C[C@@H](c1ccc(OC)c(OCC)c1)N1CCNCC1. The van der Waals surface area contributed by atoms with Gasteiger partial charge >= 0.3 is 0 Å². The maximum Gasteiger partial charge on any atom is 0.161 e. The van der Waals surface area contributed by atoms with E-state index in [1.165, 1.54) is 5.56 Å². The Bertz CT molecular complexity index is 442. The summed E-state index contributed by atoms with van der Waals surface area (Å²) in [6.45, 7) is 10.7. The molecule has 0 radical (unpaired) electrons. The summed E-state index contributed by atoms with van der Waals surface area (Å²) in [6, 6.07) is 6.35. The van der Waals surface area contributed by atoms with E-state index in [1.807, 2.05) is 19.1 Å². The van der Waals surface area contributed by atoms with Gasteiger partial charge in [-0.25, -0.2) is 0 Å². The second-order valence-corrected chi connectivity index (χ2v) is 4.81. The van der Waals surface area contributed by atoms with Crippen molar-refractivity contribution in [2.75, 3.05) is 39.9 Å². The number of benzene rings is 1. The Balaban J connectivity index is 2.24. The molecule has 1 saturated heterocycles. The molecule has 1 aromatic carbocycles. The predicted octanol–water partition coefficient (Wildman–Crippen LogP) is 2.23. The molecule has 0 aliphatic carbocycles. The largest absolute Gasteiger partial charge is 0.493 e. The summed E-state index contributed by atoms with van der Waals surface area (Å²) in [6.07, 6.45) is 2.00. The van der Waals surface area contributed by atoms with Crippen molar-refractivity contribution in [1.29, 1.82) is 0 Å². The number of hydrogen-bond donors (Lipinski definition) is 1. The summed E-state index contributed by atoms with van der Waals surface area (Å²) in [5, 5.41) is 3.37. The Hall–Kier alpha value is -1.52. The number of hydrogen-bond acceptors (Lipinski definition) is 4. The van der Waals surface area contributed by atoms with Crippen LogP contribution in [0.5, 0.6) is 11.5 Å². The van der Waals surface area contributed by atoms with Crippen LogP contribution in [0.2, 0.25) is 0 Å². The van der Waals surface area contributed by atoms with Crippen LogP contribution in [-0.2, 0) is 0 Å². The Kier molecular flexibility index (Phi) is 5.44. The van der Waals surface area contributed by atoms with Crippen LogP contribution >= 0.6 is 0 Å². The lowest BCUT2D eigenvalue weighted by Gasteiger charge is -2.33. The summed E-state index contributed by atoms with van der Waals surface area (Å²) in [4.78, 5) is 2.43. The molecule has 1 atom stereocenters. The molecule has 0 saturated carbocycles. The standard InChI is InChI=1S/C16H24N2O2/c1-4-14(18-10-8-17-9-11-18)13-6-7-15(19-3)16(12-13)20-5-2/h4,6-7,12,14,17H,1,5,8-11H2,2-3H3/t14-/m0/s1. The molecule has 0 bridgehead atoms. The fourth-order valence-corrected chi connectivity index (χ4v) is 2.60. The third kappa shape index (κ3) is 3.32. The van der Waals surface area contributed by atoms with Crippen molar-refractivity contribution in [3.63, 3.8) is 0 Å². The van der Waals surface area contributed by atoms with Crippen molar-refractivity contribution in [2.24, 2.45) is 0 Å². The van der Waals surface area contributed by atoms with Gasteiger partial charge in [-0.15, -0.1) is 6.58 Å². The first-order chi connectivity index (χ1) is 9.80. The van der Waals surface area contributed by atoms with E-state index in [2.05, 4.69) is 28.9 Å². The molecule has 2 rings (SSSR count). The van der Waals surface area contributed by atoms with Crippen molar-refractivity contribution in [3.05, 3.63) is 36.4 Å². The van der Waals surface area contributed by atoms with E-state index in [4.69, 9.17) is 9.47 Å². The Morgan fingerprint density at radius 1 is 1.35 bits per heavy atom. The summed E-state index contributed by atoms with van der Waals surface area (Å²) in [5.74, 6) is 1.58. The topological polar surface area (TPSA) is 33.7 Å². The number of ether oxygens (including phenoxy) is 2. The first-order valence-electron chi connectivity index (χ1n) is 7.18. The summed E-state index contributed by atoms with van der Waals surface area (Å²) in [7, 11) is 1.67. The molecular formula is C16H24N2O2. The number of piperazine rings is 1. The normalized spacial score (nSPS) is 17.5. The Morgan fingerprint density at radius 3 is 2.70 bits per heavy atom. The minimum atomic E-state index is 0.224. The van der Waals surface area contributed by atoms with Gasteiger partial charge in [-0.2, -0.15) is 0 Å². The first kappa shape index (κ1) is 14.9. The zero-order valence-corrected chi connectivity index (χ0v) is 12.4. The lowest BCUT2D eigenvalue weighted by atomic mass is 10.0. The van der Waals surface area contributed by atoms with E-state index in [-0.39, 0.29) is 6.04 Å². The van der Waals surface area contributed by atoms with Gasteiger partial charge in [0.2, 0.25) is 0 Å². The van der Waals surface area contributed by atoms with E-state index >= 15 is 0 Å². The molecule has 20 heavy (non-hydrogen) atoms. The van der Waals surface area contributed by atoms with Gasteiger partial charge in [0.25, 0.3) is 0 Å². The highest BCUT2D eigenvalue weighted by atomic mass is 16.5. The van der Waals surface area contributed by atoms with Gasteiger partial charge in [-0.3, -0.25) is 4.90 Å². The lowest BCUT2D eigenvalue weighted by Crippen LogP contribution is -2.44. The molecule has 1 aromatic rings. The average Bonchev–Trinajstić information content (AvgIpc) is 2.50. The van der Waals surface area contributed by atoms with Crippen LogP contribution in [-0.4, -0.2) is 44.8 Å². The second-order valence-electron chi connectivity index (χ2n) is 4.81. The van der Waals surface area contributed by atoms with Crippen LogP contribution in [0, 0.1) is 0 Å².